The van der Waals surface area contributed by atoms with Crippen LogP contribution in [0.25, 0.3) is 0 Å². The van der Waals surface area contributed by atoms with E-state index in [-0.39, 0.29) is 17.3 Å². The minimum Gasteiger partial charge on any atom is -0.355 e. The predicted octanol–water partition coefficient (Wildman–Crippen LogP) is 4.67. The van der Waals surface area contributed by atoms with Gasteiger partial charge in [-0.2, -0.15) is 0 Å². The summed E-state index contributed by atoms with van der Waals surface area (Å²) in [5, 5.41) is 2.78. The van der Waals surface area contributed by atoms with Gasteiger partial charge in [0.2, 0.25) is 11.8 Å². The van der Waals surface area contributed by atoms with E-state index in [4.69, 9.17) is 0 Å². The molecule has 0 radical (unpaired) electrons. The summed E-state index contributed by atoms with van der Waals surface area (Å²) in [5.41, 5.74) is 4.84. The maximum Gasteiger partial charge on any atom is 0.264 e. The first-order chi connectivity index (χ1) is 17.9. The molecule has 0 bridgehead atoms. The number of anilines is 1. The van der Waals surface area contributed by atoms with Gasteiger partial charge in [-0.25, -0.2) is 8.42 Å². The third-order valence-corrected chi connectivity index (χ3v) is 8.25. The third kappa shape index (κ3) is 6.81. The van der Waals surface area contributed by atoms with Gasteiger partial charge in [0.05, 0.1) is 10.6 Å². The van der Waals surface area contributed by atoms with Crippen molar-refractivity contribution < 1.29 is 18.0 Å². The summed E-state index contributed by atoms with van der Waals surface area (Å²) in [6.07, 6.45) is 0. The van der Waals surface area contributed by atoms with E-state index in [1.54, 1.807) is 37.3 Å². The zero-order chi connectivity index (χ0) is 28.0. The van der Waals surface area contributed by atoms with E-state index in [2.05, 4.69) is 5.32 Å². The SMILES string of the molecule is CCNC(=O)C(C)N(Cc1cccc(C)c1)C(=O)CN(c1cc(C)ccc1C)S(=O)(=O)c1ccc(C)cc1. The van der Waals surface area contributed by atoms with Crippen LogP contribution in [0.3, 0.4) is 0 Å². The molecule has 0 saturated carbocycles. The van der Waals surface area contributed by atoms with Crippen LogP contribution in [0.4, 0.5) is 5.69 Å². The Labute approximate surface area is 226 Å². The molecule has 2 amide bonds. The summed E-state index contributed by atoms with van der Waals surface area (Å²) < 4.78 is 29.1. The minimum absolute atomic E-state index is 0.0961. The van der Waals surface area contributed by atoms with Gasteiger partial charge in [-0.3, -0.25) is 13.9 Å². The van der Waals surface area contributed by atoms with Crippen LogP contribution in [0, 0.1) is 27.7 Å². The van der Waals surface area contributed by atoms with Crippen molar-refractivity contribution in [1.82, 2.24) is 10.2 Å². The van der Waals surface area contributed by atoms with Gasteiger partial charge in [-0.15, -0.1) is 0 Å². The molecular weight excluding hydrogens is 498 g/mol. The number of amides is 2. The first kappa shape index (κ1) is 28.9. The van der Waals surface area contributed by atoms with Crippen molar-refractivity contribution in [3.05, 3.63) is 94.5 Å². The van der Waals surface area contributed by atoms with Crippen LogP contribution >= 0.6 is 0 Å². The average molecular weight is 536 g/mol. The monoisotopic (exact) mass is 535 g/mol. The van der Waals surface area contributed by atoms with Crippen molar-refractivity contribution in [2.24, 2.45) is 0 Å². The highest BCUT2D eigenvalue weighted by Crippen LogP contribution is 2.28. The molecule has 3 rings (SSSR count). The molecule has 0 spiro atoms. The maximum absolute atomic E-state index is 14.0. The number of carbonyl (C=O) groups is 2. The largest absolute Gasteiger partial charge is 0.355 e. The van der Waals surface area contributed by atoms with Crippen LogP contribution < -0.4 is 9.62 Å². The number of aryl methyl sites for hydroxylation is 4. The summed E-state index contributed by atoms with van der Waals surface area (Å²) in [4.78, 5) is 28.3. The number of hydrogen-bond acceptors (Lipinski definition) is 4. The Bertz CT molecular complexity index is 1400. The Hall–Kier alpha value is -3.65. The molecule has 0 saturated heterocycles. The van der Waals surface area contributed by atoms with Crippen LogP contribution in [0.1, 0.15) is 41.7 Å². The second-order valence-electron chi connectivity index (χ2n) is 9.70. The lowest BCUT2D eigenvalue weighted by Gasteiger charge is -2.32. The number of likely N-dealkylation sites (N-methyl/N-ethyl adjacent to an activating group) is 1. The number of hydrogen-bond donors (Lipinski definition) is 1. The molecule has 202 valence electrons. The summed E-state index contributed by atoms with van der Waals surface area (Å²) in [7, 11) is -4.09. The molecule has 0 heterocycles. The summed E-state index contributed by atoms with van der Waals surface area (Å²) in [6.45, 7) is 11.2. The van der Waals surface area contributed by atoms with Crippen LogP contribution in [-0.4, -0.2) is 44.3 Å². The van der Waals surface area contributed by atoms with Crippen molar-refractivity contribution in [2.45, 2.75) is 59.0 Å². The molecule has 8 heteroatoms. The number of nitrogens with zero attached hydrogens (tertiary/aromatic N) is 2. The van der Waals surface area contributed by atoms with Gasteiger partial charge >= 0.3 is 0 Å². The predicted molar refractivity (Wildman–Crippen MR) is 152 cm³/mol. The fraction of sp³-hybridized carbons (Fsp3) is 0.333. The normalized spacial score (nSPS) is 12.1. The van der Waals surface area contributed by atoms with Gasteiger partial charge < -0.3 is 10.2 Å². The van der Waals surface area contributed by atoms with Crippen LogP contribution in [-0.2, 0) is 26.2 Å². The van der Waals surface area contributed by atoms with E-state index in [1.807, 2.05) is 71.0 Å². The summed E-state index contributed by atoms with van der Waals surface area (Å²) in [5.74, 6) is -0.768. The van der Waals surface area contributed by atoms with Crippen molar-refractivity contribution in [1.29, 1.82) is 0 Å². The second kappa shape index (κ2) is 12.3. The maximum atomic E-state index is 14.0. The average Bonchev–Trinajstić information content (AvgIpc) is 2.87. The lowest BCUT2D eigenvalue weighted by Crippen LogP contribution is -2.51. The molecule has 3 aromatic carbocycles. The van der Waals surface area contributed by atoms with Crippen molar-refractivity contribution in [2.75, 3.05) is 17.4 Å². The molecular formula is C30H37N3O4S. The standard InChI is InChI=1S/C30H37N3O4S/c1-7-31-30(35)25(6)32(19-26-10-8-9-22(3)17-26)29(34)20-33(28-18-23(4)11-14-24(28)5)38(36,37)27-15-12-21(2)13-16-27/h8-18,25H,7,19-20H2,1-6H3,(H,31,35). The van der Waals surface area contributed by atoms with Crippen LogP contribution in [0.15, 0.2) is 71.6 Å². The molecule has 38 heavy (non-hydrogen) atoms. The number of rotatable bonds is 10. The van der Waals surface area contributed by atoms with E-state index in [9.17, 15) is 18.0 Å². The van der Waals surface area contributed by atoms with E-state index in [0.717, 1.165) is 32.1 Å². The van der Waals surface area contributed by atoms with Crippen molar-refractivity contribution in [3.8, 4) is 0 Å². The molecule has 0 aromatic heterocycles. The quantitative estimate of drug-likeness (QED) is 0.409. The first-order valence-electron chi connectivity index (χ1n) is 12.7. The topological polar surface area (TPSA) is 86.8 Å². The van der Waals surface area contributed by atoms with Gasteiger partial charge in [0.1, 0.15) is 12.6 Å². The Kier molecular flexibility index (Phi) is 9.33. The fourth-order valence-corrected chi connectivity index (χ4v) is 5.72. The van der Waals surface area contributed by atoms with Crippen LogP contribution in [0.2, 0.25) is 0 Å². The molecule has 1 N–H and O–H groups in total. The highest BCUT2D eigenvalue weighted by molar-refractivity contribution is 7.92. The zero-order valence-corrected chi connectivity index (χ0v) is 23.8. The lowest BCUT2D eigenvalue weighted by molar-refractivity contribution is -0.139. The van der Waals surface area contributed by atoms with E-state index in [0.29, 0.717) is 12.2 Å². The summed E-state index contributed by atoms with van der Waals surface area (Å²) in [6, 6.07) is 19.0. The van der Waals surface area contributed by atoms with Crippen molar-refractivity contribution >= 4 is 27.5 Å². The summed E-state index contributed by atoms with van der Waals surface area (Å²) >= 11 is 0. The third-order valence-electron chi connectivity index (χ3n) is 6.47. The van der Waals surface area contributed by atoms with E-state index < -0.39 is 28.5 Å². The van der Waals surface area contributed by atoms with Crippen molar-refractivity contribution in [3.63, 3.8) is 0 Å². The van der Waals surface area contributed by atoms with E-state index >= 15 is 0 Å². The minimum atomic E-state index is -4.09. The van der Waals surface area contributed by atoms with Gasteiger partial charge in [-0.05, 0) is 76.4 Å². The fourth-order valence-electron chi connectivity index (χ4n) is 4.25. The molecule has 0 fully saturated rings. The smallest absolute Gasteiger partial charge is 0.264 e. The molecule has 0 aliphatic carbocycles. The number of nitrogens with one attached hydrogen (secondary N) is 1. The Balaban J connectivity index is 2.08. The van der Waals surface area contributed by atoms with E-state index in [1.165, 1.54) is 4.90 Å². The first-order valence-corrected chi connectivity index (χ1v) is 14.2. The number of carbonyl (C=O) groups excluding carboxylic acids is 2. The highest BCUT2D eigenvalue weighted by atomic mass is 32.2. The number of sulfonamides is 1. The van der Waals surface area contributed by atoms with Gasteiger partial charge in [0, 0.05) is 13.1 Å². The van der Waals surface area contributed by atoms with Gasteiger partial charge in [0.15, 0.2) is 0 Å². The second-order valence-corrected chi connectivity index (χ2v) is 11.6. The molecule has 3 aromatic rings. The Morgan fingerprint density at radius 2 is 1.50 bits per heavy atom. The Morgan fingerprint density at radius 3 is 2.13 bits per heavy atom. The molecule has 0 aliphatic heterocycles. The molecule has 7 nitrogen and oxygen atoms in total. The Morgan fingerprint density at radius 1 is 0.868 bits per heavy atom. The van der Waals surface area contributed by atoms with Crippen LogP contribution in [0.5, 0.6) is 0 Å². The molecule has 1 atom stereocenters. The number of benzene rings is 3. The molecule has 0 aliphatic rings. The lowest BCUT2D eigenvalue weighted by atomic mass is 10.1. The van der Waals surface area contributed by atoms with Gasteiger partial charge in [-0.1, -0.05) is 59.7 Å². The highest BCUT2D eigenvalue weighted by Gasteiger charge is 2.33. The molecule has 1 unspecified atom stereocenters. The zero-order valence-electron chi connectivity index (χ0n) is 23.0. The van der Waals surface area contributed by atoms with Gasteiger partial charge in [0.25, 0.3) is 10.0 Å².